The SMILES string of the molecule is Cc1ccc([N+](=O)[O-])c(NC(=O)Sc2ccc(O)cc2)c1. The average Bonchev–Trinajstić information content (AvgIpc) is 2.41. The summed E-state index contributed by atoms with van der Waals surface area (Å²) in [4.78, 5) is 22.9. The van der Waals surface area contributed by atoms with Crippen molar-refractivity contribution >= 4 is 28.4 Å². The van der Waals surface area contributed by atoms with Gasteiger partial charge < -0.3 is 10.4 Å². The van der Waals surface area contributed by atoms with E-state index in [-0.39, 0.29) is 17.1 Å². The molecule has 2 aromatic carbocycles. The third kappa shape index (κ3) is 3.96. The van der Waals surface area contributed by atoms with Crippen LogP contribution in [0.2, 0.25) is 0 Å². The fourth-order valence-electron chi connectivity index (χ4n) is 1.67. The number of carbonyl (C=O) groups excluding carboxylic acids is 1. The lowest BCUT2D eigenvalue weighted by Gasteiger charge is -2.06. The Bertz CT molecular complexity index is 686. The Morgan fingerprint density at radius 2 is 1.90 bits per heavy atom. The van der Waals surface area contributed by atoms with Crippen LogP contribution < -0.4 is 5.32 Å². The molecule has 2 rings (SSSR count). The van der Waals surface area contributed by atoms with Gasteiger partial charge in [-0.15, -0.1) is 0 Å². The lowest BCUT2D eigenvalue weighted by molar-refractivity contribution is -0.383. The predicted octanol–water partition coefficient (Wildman–Crippen LogP) is 3.93. The van der Waals surface area contributed by atoms with Gasteiger partial charge in [0.05, 0.1) is 4.92 Å². The molecule has 0 aliphatic carbocycles. The Hall–Kier alpha value is -2.54. The Morgan fingerprint density at radius 3 is 2.52 bits per heavy atom. The maximum atomic E-state index is 11.9. The normalized spacial score (nSPS) is 10.1. The van der Waals surface area contributed by atoms with E-state index in [9.17, 15) is 14.9 Å². The van der Waals surface area contributed by atoms with Gasteiger partial charge in [0.25, 0.3) is 10.9 Å². The summed E-state index contributed by atoms with van der Waals surface area (Å²) in [5.41, 5.74) is 0.821. The molecule has 0 spiro atoms. The third-order valence-electron chi connectivity index (χ3n) is 2.63. The minimum Gasteiger partial charge on any atom is -0.508 e. The minimum atomic E-state index is -0.541. The molecule has 0 aromatic heterocycles. The van der Waals surface area contributed by atoms with Gasteiger partial charge in [-0.1, -0.05) is 6.07 Å². The van der Waals surface area contributed by atoms with Gasteiger partial charge in [-0.05, 0) is 54.6 Å². The lowest BCUT2D eigenvalue weighted by atomic mass is 10.2. The van der Waals surface area contributed by atoms with E-state index in [2.05, 4.69) is 5.32 Å². The van der Waals surface area contributed by atoms with Crippen LogP contribution in [0.4, 0.5) is 16.2 Å². The van der Waals surface area contributed by atoms with Crippen LogP contribution in [0.3, 0.4) is 0 Å². The van der Waals surface area contributed by atoms with Gasteiger partial charge in [-0.2, -0.15) is 0 Å². The quantitative estimate of drug-likeness (QED) is 0.509. The molecule has 0 fully saturated rings. The summed E-state index contributed by atoms with van der Waals surface area (Å²) in [6.07, 6.45) is 0. The summed E-state index contributed by atoms with van der Waals surface area (Å²) in [6, 6.07) is 10.6. The maximum absolute atomic E-state index is 11.9. The topological polar surface area (TPSA) is 92.5 Å². The van der Waals surface area contributed by atoms with Gasteiger partial charge in [0.2, 0.25) is 0 Å². The van der Waals surface area contributed by atoms with E-state index in [1.807, 2.05) is 0 Å². The molecule has 0 heterocycles. The molecule has 108 valence electrons. The van der Waals surface area contributed by atoms with E-state index >= 15 is 0 Å². The van der Waals surface area contributed by atoms with E-state index in [0.717, 1.165) is 17.3 Å². The fraction of sp³-hybridized carbons (Fsp3) is 0.0714. The van der Waals surface area contributed by atoms with Crippen LogP contribution in [0.5, 0.6) is 5.75 Å². The Labute approximate surface area is 125 Å². The highest BCUT2D eigenvalue weighted by Gasteiger charge is 2.16. The number of amides is 1. The standard InChI is InChI=1S/C14H12N2O4S/c1-9-2-7-13(16(19)20)12(8-9)15-14(18)21-11-5-3-10(17)4-6-11/h2-8,17H,1H3,(H,15,18). The molecule has 0 atom stereocenters. The van der Waals surface area contributed by atoms with E-state index in [4.69, 9.17) is 5.11 Å². The number of thioether (sulfide) groups is 1. The van der Waals surface area contributed by atoms with Crippen LogP contribution in [-0.2, 0) is 0 Å². The smallest absolute Gasteiger partial charge is 0.292 e. The Kier molecular flexibility index (Phi) is 4.44. The Morgan fingerprint density at radius 1 is 1.24 bits per heavy atom. The van der Waals surface area contributed by atoms with Crippen LogP contribution in [-0.4, -0.2) is 15.3 Å². The average molecular weight is 304 g/mol. The van der Waals surface area contributed by atoms with Crippen LogP contribution in [0.1, 0.15) is 5.56 Å². The van der Waals surface area contributed by atoms with Gasteiger partial charge in [-0.3, -0.25) is 14.9 Å². The largest absolute Gasteiger partial charge is 0.508 e. The van der Waals surface area contributed by atoms with Crippen molar-refractivity contribution in [3.63, 3.8) is 0 Å². The molecule has 0 saturated carbocycles. The number of nitrogens with zero attached hydrogens (tertiary/aromatic N) is 1. The fourth-order valence-corrected chi connectivity index (χ4v) is 2.31. The van der Waals surface area contributed by atoms with E-state index < -0.39 is 10.2 Å². The van der Waals surface area contributed by atoms with Gasteiger partial charge in [-0.25, -0.2) is 0 Å². The van der Waals surface area contributed by atoms with Crippen LogP contribution in [0.15, 0.2) is 47.4 Å². The van der Waals surface area contributed by atoms with Crippen LogP contribution in [0.25, 0.3) is 0 Å². The molecule has 2 aromatic rings. The molecular formula is C14H12N2O4S. The zero-order valence-electron chi connectivity index (χ0n) is 11.1. The number of aromatic hydroxyl groups is 1. The number of nitrogens with one attached hydrogen (secondary N) is 1. The zero-order chi connectivity index (χ0) is 15.4. The van der Waals surface area contributed by atoms with Crippen molar-refractivity contribution in [2.75, 3.05) is 5.32 Å². The molecule has 0 saturated heterocycles. The number of benzene rings is 2. The molecule has 0 unspecified atom stereocenters. The summed E-state index contributed by atoms with van der Waals surface area (Å²) in [6.45, 7) is 1.78. The van der Waals surface area contributed by atoms with Crippen molar-refractivity contribution in [2.24, 2.45) is 0 Å². The summed E-state index contributed by atoms with van der Waals surface area (Å²) in [5.74, 6) is 0.106. The van der Waals surface area contributed by atoms with Crippen molar-refractivity contribution in [2.45, 2.75) is 11.8 Å². The number of phenolic OH excluding ortho intramolecular Hbond substituents is 1. The summed E-state index contributed by atoms with van der Waals surface area (Å²) in [7, 11) is 0. The third-order valence-corrected chi connectivity index (χ3v) is 3.43. The molecule has 6 nitrogen and oxygen atoms in total. The molecule has 0 aliphatic rings. The zero-order valence-corrected chi connectivity index (χ0v) is 11.9. The molecule has 0 bridgehead atoms. The number of anilines is 1. The number of aryl methyl sites for hydroxylation is 1. The number of phenols is 1. The highest BCUT2D eigenvalue weighted by Crippen LogP contribution is 2.28. The summed E-state index contributed by atoms with van der Waals surface area (Å²) >= 11 is 0.890. The molecule has 0 aliphatic heterocycles. The van der Waals surface area contributed by atoms with Crippen molar-refractivity contribution in [3.8, 4) is 5.75 Å². The first-order valence-electron chi connectivity index (χ1n) is 5.98. The van der Waals surface area contributed by atoms with E-state index in [1.54, 1.807) is 31.2 Å². The van der Waals surface area contributed by atoms with E-state index in [1.165, 1.54) is 18.2 Å². The van der Waals surface area contributed by atoms with Gasteiger partial charge in [0.15, 0.2) is 0 Å². The van der Waals surface area contributed by atoms with Crippen molar-refractivity contribution < 1.29 is 14.8 Å². The number of carbonyl (C=O) groups is 1. The highest BCUT2D eigenvalue weighted by atomic mass is 32.2. The number of nitro groups is 1. The molecular weight excluding hydrogens is 292 g/mol. The minimum absolute atomic E-state index is 0.106. The monoisotopic (exact) mass is 304 g/mol. The number of hydrogen-bond donors (Lipinski definition) is 2. The van der Waals surface area contributed by atoms with E-state index in [0.29, 0.717) is 4.90 Å². The molecule has 0 radical (unpaired) electrons. The molecule has 1 amide bonds. The van der Waals surface area contributed by atoms with Crippen molar-refractivity contribution in [3.05, 3.63) is 58.1 Å². The van der Waals surface area contributed by atoms with Crippen LogP contribution in [0, 0.1) is 17.0 Å². The summed E-state index contributed by atoms with van der Waals surface area (Å²) < 4.78 is 0. The van der Waals surface area contributed by atoms with Gasteiger partial charge in [0, 0.05) is 11.0 Å². The Balaban J connectivity index is 2.14. The van der Waals surface area contributed by atoms with Gasteiger partial charge >= 0.3 is 0 Å². The van der Waals surface area contributed by atoms with Gasteiger partial charge in [0.1, 0.15) is 11.4 Å². The number of rotatable bonds is 3. The highest BCUT2D eigenvalue weighted by molar-refractivity contribution is 8.13. The van der Waals surface area contributed by atoms with Crippen molar-refractivity contribution in [1.82, 2.24) is 0 Å². The maximum Gasteiger partial charge on any atom is 0.292 e. The first-order valence-corrected chi connectivity index (χ1v) is 6.80. The second kappa shape index (κ2) is 6.27. The lowest BCUT2D eigenvalue weighted by Crippen LogP contribution is -2.07. The molecule has 21 heavy (non-hydrogen) atoms. The predicted molar refractivity (Wildman–Crippen MR) is 80.8 cm³/mol. The number of hydrogen-bond acceptors (Lipinski definition) is 5. The first-order chi connectivity index (χ1) is 9.95. The molecule has 7 heteroatoms. The molecule has 2 N–H and O–H groups in total. The summed E-state index contributed by atoms with van der Waals surface area (Å²) in [5, 5.41) is 22.2. The van der Waals surface area contributed by atoms with Crippen molar-refractivity contribution in [1.29, 1.82) is 0 Å². The van der Waals surface area contributed by atoms with Crippen LogP contribution >= 0.6 is 11.8 Å². The second-order valence-corrected chi connectivity index (χ2v) is 5.33. The number of nitro benzene ring substituents is 1. The first kappa shape index (κ1) is 14.9. The second-order valence-electron chi connectivity index (χ2n) is 4.29.